The van der Waals surface area contributed by atoms with Crippen molar-refractivity contribution < 1.29 is 15.1 Å². The van der Waals surface area contributed by atoms with E-state index in [9.17, 15) is 20.5 Å². The Morgan fingerprint density at radius 3 is 2.35 bits per heavy atom. The third-order valence-electron chi connectivity index (χ3n) is 3.99. The Balaban J connectivity index is 2.37. The van der Waals surface area contributed by atoms with Crippen LogP contribution >= 0.6 is 0 Å². The minimum Gasteiger partial charge on any atom is -0.625 e. The van der Waals surface area contributed by atoms with E-state index in [-0.39, 0.29) is 11.3 Å². The minimum absolute atomic E-state index is 0.196. The monoisotopic (exact) mass is 316 g/mol. The molecular weight excluding hydrogens is 296 g/mol. The highest BCUT2D eigenvalue weighted by Crippen LogP contribution is 2.33. The molecule has 1 heterocycles. The summed E-state index contributed by atoms with van der Waals surface area (Å²) in [6.45, 7) is 6.65. The summed E-state index contributed by atoms with van der Waals surface area (Å²) in [4.78, 5) is 16.6. The van der Waals surface area contributed by atoms with Crippen LogP contribution in [0.5, 0.6) is 0 Å². The van der Waals surface area contributed by atoms with E-state index in [0.29, 0.717) is 0 Å². The second-order valence-electron chi connectivity index (χ2n) is 6.48. The van der Waals surface area contributed by atoms with Crippen LogP contribution in [0.1, 0.15) is 38.1 Å². The first-order valence-corrected chi connectivity index (χ1v) is 7.25. The van der Waals surface area contributed by atoms with E-state index in [1.54, 1.807) is 45.9 Å². The van der Waals surface area contributed by atoms with E-state index in [1.807, 2.05) is 6.07 Å². The molecule has 0 aliphatic carbocycles. The lowest BCUT2D eigenvalue weighted by molar-refractivity contribution is -0.765. The van der Waals surface area contributed by atoms with E-state index in [0.717, 1.165) is 5.06 Å². The van der Waals surface area contributed by atoms with Crippen molar-refractivity contribution in [1.29, 1.82) is 5.26 Å². The van der Waals surface area contributed by atoms with Crippen LogP contribution in [0.15, 0.2) is 35.3 Å². The Morgan fingerprint density at radius 2 is 1.91 bits per heavy atom. The average molecular weight is 316 g/mol. The molecule has 1 aromatic carbocycles. The molecule has 0 saturated carbocycles. The number of hydrogen-bond acceptors (Lipinski definition) is 6. The Hall–Kier alpha value is -2.11. The molecule has 2 unspecified atom stereocenters. The van der Waals surface area contributed by atoms with Gasteiger partial charge in [0.15, 0.2) is 0 Å². The van der Waals surface area contributed by atoms with Gasteiger partial charge in [0.2, 0.25) is 6.04 Å². The molecule has 2 N–H and O–H groups in total. The highest BCUT2D eigenvalue weighted by atomic mass is 16.5. The lowest BCUT2D eigenvalue weighted by atomic mass is 9.93. The van der Waals surface area contributed by atoms with Crippen molar-refractivity contribution in [3.8, 4) is 6.07 Å². The largest absolute Gasteiger partial charge is 0.625 e. The number of carbonyl (C=O) groups is 1. The standard InChI is InChI=1S/C16H20N4O3/c1-15(2)13(18-16(3,4)20(15)23)12(10-17)19(22)14(21)11-8-6-5-7-9-11/h5-9,12,19,23H,1-4H3. The number of nitrogens with zero attached hydrogens (tertiary/aromatic N) is 3. The normalized spacial score (nSPS) is 22.0. The SMILES string of the molecule is CC1(C)N=C(C(C#N)[NH+]([O-])C(=O)c2ccccc2)C(C)(C)N1O. The fourth-order valence-corrected chi connectivity index (χ4v) is 2.80. The van der Waals surface area contributed by atoms with Crippen LogP contribution in [-0.2, 0) is 0 Å². The van der Waals surface area contributed by atoms with Gasteiger partial charge in [0.25, 0.3) is 0 Å². The van der Waals surface area contributed by atoms with E-state index >= 15 is 0 Å². The van der Waals surface area contributed by atoms with Crippen molar-refractivity contribution in [2.75, 3.05) is 0 Å². The first-order valence-electron chi connectivity index (χ1n) is 7.25. The van der Waals surface area contributed by atoms with Crippen LogP contribution in [0.4, 0.5) is 0 Å². The molecule has 1 aromatic rings. The number of carbonyl (C=O) groups excluding carboxylic acids is 1. The Bertz CT molecular complexity index is 676. The smallest absolute Gasteiger partial charge is 0.345 e. The Labute approximate surface area is 135 Å². The van der Waals surface area contributed by atoms with Crippen molar-refractivity contribution in [3.63, 3.8) is 0 Å². The summed E-state index contributed by atoms with van der Waals surface area (Å²) in [7, 11) is 0. The molecular formula is C16H20N4O3. The first-order chi connectivity index (χ1) is 10.6. The van der Waals surface area contributed by atoms with Crippen molar-refractivity contribution in [3.05, 3.63) is 41.1 Å². The van der Waals surface area contributed by atoms with E-state index in [4.69, 9.17) is 0 Å². The first kappa shape index (κ1) is 17.2. The van der Waals surface area contributed by atoms with Gasteiger partial charge in [0.05, 0.1) is 11.1 Å². The molecule has 0 spiro atoms. The van der Waals surface area contributed by atoms with Crippen LogP contribution in [0.2, 0.25) is 0 Å². The number of aliphatic imine (C=N–C) groups is 1. The predicted octanol–water partition coefficient (Wildman–Crippen LogP) is 0.762. The van der Waals surface area contributed by atoms with E-state index in [2.05, 4.69) is 4.99 Å². The summed E-state index contributed by atoms with van der Waals surface area (Å²) < 4.78 is 0. The number of hydroxylamine groups is 4. The molecule has 0 radical (unpaired) electrons. The van der Waals surface area contributed by atoms with Crippen molar-refractivity contribution >= 4 is 11.6 Å². The van der Waals surface area contributed by atoms with Gasteiger partial charge in [-0.25, -0.2) is 4.79 Å². The topological polar surface area (TPSA) is 104 Å². The zero-order chi connectivity index (χ0) is 17.4. The van der Waals surface area contributed by atoms with Gasteiger partial charge >= 0.3 is 5.91 Å². The number of nitriles is 1. The number of benzene rings is 1. The van der Waals surface area contributed by atoms with Gasteiger partial charge in [-0.15, -0.1) is 0 Å². The maximum atomic E-state index is 12.5. The third kappa shape index (κ3) is 2.90. The summed E-state index contributed by atoms with van der Waals surface area (Å²) in [5, 5.41) is 32.4. The highest BCUT2D eigenvalue weighted by Gasteiger charge is 2.52. The number of rotatable bonds is 3. The van der Waals surface area contributed by atoms with Gasteiger partial charge in [-0.3, -0.25) is 10.1 Å². The summed E-state index contributed by atoms with van der Waals surface area (Å²) in [5.41, 5.74) is -1.56. The van der Waals surface area contributed by atoms with Gasteiger partial charge in [-0.1, -0.05) is 18.2 Å². The molecule has 1 aliphatic rings. The molecule has 1 aliphatic heterocycles. The van der Waals surface area contributed by atoms with E-state index < -0.39 is 28.2 Å². The quantitative estimate of drug-likeness (QED) is 0.801. The number of amides is 1. The van der Waals surface area contributed by atoms with Crippen LogP contribution < -0.4 is 5.06 Å². The molecule has 23 heavy (non-hydrogen) atoms. The molecule has 2 rings (SSSR count). The zero-order valence-corrected chi connectivity index (χ0v) is 13.6. The molecule has 0 fully saturated rings. The molecule has 2 atom stereocenters. The van der Waals surface area contributed by atoms with Crippen LogP contribution in [0.25, 0.3) is 0 Å². The lowest BCUT2D eigenvalue weighted by Crippen LogP contribution is -3.15. The van der Waals surface area contributed by atoms with Gasteiger partial charge < -0.3 is 10.4 Å². The second kappa shape index (κ2) is 5.83. The van der Waals surface area contributed by atoms with Gasteiger partial charge in [-0.2, -0.15) is 10.3 Å². The van der Waals surface area contributed by atoms with Crippen LogP contribution in [-0.4, -0.2) is 39.1 Å². The maximum absolute atomic E-state index is 12.5. The Morgan fingerprint density at radius 1 is 1.35 bits per heavy atom. The molecule has 0 saturated heterocycles. The fraction of sp³-hybridized carbons (Fsp3) is 0.438. The number of hydrogen-bond donors (Lipinski definition) is 2. The Kier molecular flexibility index (Phi) is 4.37. The second-order valence-corrected chi connectivity index (χ2v) is 6.48. The molecule has 122 valence electrons. The van der Waals surface area contributed by atoms with Crippen molar-refractivity contribution in [2.24, 2.45) is 4.99 Å². The summed E-state index contributed by atoms with van der Waals surface area (Å²) in [6.07, 6.45) is 0. The molecule has 7 heteroatoms. The lowest BCUT2D eigenvalue weighted by Gasteiger charge is -2.35. The van der Waals surface area contributed by atoms with Crippen LogP contribution in [0, 0.1) is 16.5 Å². The van der Waals surface area contributed by atoms with Crippen LogP contribution in [0.3, 0.4) is 0 Å². The maximum Gasteiger partial charge on any atom is 0.345 e. The number of nitrogens with one attached hydrogen (secondary N) is 1. The molecule has 1 amide bonds. The molecule has 0 bridgehead atoms. The van der Waals surface area contributed by atoms with E-state index in [1.165, 1.54) is 12.1 Å². The van der Waals surface area contributed by atoms with Crippen molar-refractivity contribution in [2.45, 2.75) is 44.9 Å². The average Bonchev–Trinajstić information content (AvgIpc) is 2.68. The highest BCUT2D eigenvalue weighted by molar-refractivity contribution is 6.01. The van der Waals surface area contributed by atoms with Gasteiger partial charge in [0.1, 0.15) is 17.4 Å². The summed E-state index contributed by atoms with van der Waals surface area (Å²) >= 11 is 0. The molecule has 7 nitrogen and oxygen atoms in total. The minimum atomic E-state index is -1.32. The van der Waals surface area contributed by atoms with Gasteiger partial charge in [-0.05, 0) is 39.8 Å². The fourth-order valence-electron chi connectivity index (χ4n) is 2.80. The number of quaternary nitrogens is 1. The summed E-state index contributed by atoms with van der Waals surface area (Å²) in [5.74, 6) is -0.732. The van der Waals surface area contributed by atoms with Crippen molar-refractivity contribution in [1.82, 2.24) is 5.06 Å². The zero-order valence-electron chi connectivity index (χ0n) is 13.6. The predicted molar refractivity (Wildman–Crippen MR) is 83.7 cm³/mol. The summed E-state index contributed by atoms with van der Waals surface area (Å²) in [6, 6.07) is 8.63. The third-order valence-corrected chi connectivity index (χ3v) is 3.99. The van der Waals surface area contributed by atoms with Gasteiger partial charge in [0, 0.05) is 0 Å². The molecule has 0 aromatic heterocycles.